The zero-order chi connectivity index (χ0) is 15.9. The lowest BCUT2D eigenvalue weighted by atomic mass is 10.1. The van der Waals surface area contributed by atoms with Crippen LogP contribution in [0.15, 0.2) is 36.4 Å². The Kier molecular flexibility index (Phi) is 6.07. The van der Waals surface area contributed by atoms with Gasteiger partial charge in [-0.1, -0.05) is 42.5 Å². The monoisotopic (exact) mass is 318 g/mol. The van der Waals surface area contributed by atoms with Crippen molar-refractivity contribution in [3.63, 3.8) is 0 Å². The Morgan fingerprint density at radius 1 is 1.32 bits per heavy atom. The molecule has 22 heavy (non-hydrogen) atoms. The highest BCUT2D eigenvalue weighted by molar-refractivity contribution is 7.99. The van der Waals surface area contributed by atoms with E-state index in [9.17, 15) is 9.59 Å². The summed E-state index contributed by atoms with van der Waals surface area (Å²) in [6.45, 7) is 0. The first-order valence-corrected chi connectivity index (χ1v) is 8.55. The van der Waals surface area contributed by atoms with E-state index in [0.717, 1.165) is 5.56 Å². The van der Waals surface area contributed by atoms with E-state index in [-0.39, 0.29) is 17.9 Å². The van der Waals surface area contributed by atoms with Gasteiger partial charge in [-0.2, -0.15) is 0 Å². The predicted molar refractivity (Wildman–Crippen MR) is 91.4 cm³/mol. The second kappa shape index (κ2) is 8.03. The molecular weight excluding hydrogens is 296 g/mol. The molecule has 0 aliphatic carbocycles. The van der Waals surface area contributed by atoms with Crippen LogP contribution >= 0.6 is 11.8 Å². The Labute approximate surface area is 136 Å². The highest BCUT2D eigenvalue weighted by Crippen LogP contribution is 2.23. The lowest BCUT2D eigenvalue weighted by molar-refractivity contribution is -0.141. The number of hydrogen-bond donors (Lipinski definition) is 0. The molecule has 0 aromatic heterocycles. The summed E-state index contributed by atoms with van der Waals surface area (Å²) < 4.78 is 0. The Balaban J connectivity index is 1.84. The van der Waals surface area contributed by atoms with Gasteiger partial charge in [0.1, 0.15) is 6.04 Å². The van der Waals surface area contributed by atoms with Crippen molar-refractivity contribution < 1.29 is 9.59 Å². The Morgan fingerprint density at radius 2 is 2.05 bits per heavy atom. The Bertz CT molecular complexity index is 543. The minimum Gasteiger partial charge on any atom is -0.347 e. The number of carbonyl (C=O) groups is 2. The first-order valence-electron chi connectivity index (χ1n) is 7.39. The fourth-order valence-electron chi connectivity index (χ4n) is 2.33. The van der Waals surface area contributed by atoms with Gasteiger partial charge in [0.05, 0.1) is 5.88 Å². The van der Waals surface area contributed by atoms with E-state index in [1.165, 1.54) is 0 Å². The maximum Gasteiger partial charge on any atom is 0.245 e. The summed E-state index contributed by atoms with van der Waals surface area (Å²) in [6.07, 6.45) is 5.17. The molecule has 1 aliphatic heterocycles. The van der Waals surface area contributed by atoms with Crippen LogP contribution in [0.5, 0.6) is 0 Å². The molecule has 0 saturated carbocycles. The van der Waals surface area contributed by atoms with Crippen molar-refractivity contribution in [2.24, 2.45) is 0 Å². The summed E-state index contributed by atoms with van der Waals surface area (Å²) in [5, 5.41) is 0. The first kappa shape index (κ1) is 16.6. The molecule has 0 unspecified atom stereocenters. The van der Waals surface area contributed by atoms with E-state index in [0.29, 0.717) is 24.5 Å². The zero-order valence-electron chi connectivity index (χ0n) is 13.1. The molecule has 1 aromatic carbocycles. The van der Waals surface area contributed by atoms with Gasteiger partial charge in [0.2, 0.25) is 11.8 Å². The number of amides is 2. The van der Waals surface area contributed by atoms with Gasteiger partial charge in [0, 0.05) is 26.3 Å². The summed E-state index contributed by atoms with van der Waals surface area (Å²) in [7, 11) is 3.47. The Hall–Kier alpha value is -1.75. The van der Waals surface area contributed by atoms with E-state index >= 15 is 0 Å². The fourth-order valence-corrected chi connectivity index (χ4v) is 3.50. The van der Waals surface area contributed by atoms with E-state index in [1.807, 2.05) is 42.5 Å². The standard InChI is InChI=1S/C17H22N2O2S/c1-18(2)17(21)15-12-22-13-19(15)16(20)11-7-6-10-14-8-4-3-5-9-14/h3-6,8-10,15H,7,11-13H2,1-2H3/b10-6-/t15-/m1/s1. The van der Waals surface area contributed by atoms with Crippen molar-refractivity contribution in [3.8, 4) is 0 Å². The van der Waals surface area contributed by atoms with Crippen LogP contribution in [-0.4, -0.2) is 53.4 Å². The lowest BCUT2D eigenvalue weighted by Crippen LogP contribution is -2.46. The normalized spacial score (nSPS) is 17.9. The van der Waals surface area contributed by atoms with E-state index in [2.05, 4.69) is 0 Å². The summed E-state index contributed by atoms with van der Waals surface area (Å²) in [4.78, 5) is 27.7. The summed E-state index contributed by atoms with van der Waals surface area (Å²) in [5.41, 5.74) is 1.13. The average molecular weight is 318 g/mol. The fraction of sp³-hybridized carbons (Fsp3) is 0.412. The SMILES string of the molecule is CN(C)C(=O)[C@H]1CSCN1C(=O)CC/C=C\c1ccccc1. The maximum atomic E-state index is 12.3. The first-order chi connectivity index (χ1) is 10.6. The molecule has 0 bridgehead atoms. The second-order valence-electron chi connectivity index (χ2n) is 5.46. The van der Waals surface area contributed by atoms with Crippen molar-refractivity contribution in [3.05, 3.63) is 42.0 Å². The number of likely N-dealkylation sites (N-methyl/N-ethyl adjacent to an activating group) is 1. The molecule has 2 rings (SSSR count). The summed E-state index contributed by atoms with van der Waals surface area (Å²) in [6, 6.07) is 9.72. The van der Waals surface area contributed by atoms with Gasteiger partial charge >= 0.3 is 0 Å². The highest BCUT2D eigenvalue weighted by atomic mass is 32.2. The van der Waals surface area contributed by atoms with Crippen LogP contribution in [0.1, 0.15) is 18.4 Å². The van der Waals surface area contributed by atoms with Crippen molar-refractivity contribution in [1.82, 2.24) is 9.80 Å². The maximum absolute atomic E-state index is 12.3. The van der Waals surface area contributed by atoms with Crippen molar-refractivity contribution in [2.45, 2.75) is 18.9 Å². The lowest BCUT2D eigenvalue weighted by Gasteiger charge is -2.25. The van der Waals surface area contributed by atoms with Crippen LogP contribution in [0.25, 0.3) is 6.08 Å². The van der Waals surface area contributed by atoms with Gasteiger partial charge in [-0.15, -0.1) is 11.8 Å². The number of rotatable bonds is 5. The highest BCUT2D eigenvalue weighted by Gasteiger charge is 2.34. The number of thioether (sulfide) groups is 1. The molecule has 5 heteroatoms. The summed E-state index contributed by atoms with van der Waals surface area (Å²) in [5.74, 6) is 1.38. The van der Waals surface area contributed by atoms with Crippen LogP contribution in [0.4, 0.5) is 0 Å². The van der Waals surface area contributed by atoms with Gasteiger partial charge in [-0.25, -0.2) is 0 Å². The van der Waals surface area contributed by atoms with Crippen LogP contribution in [0.3, 0.4) is 0 Å². The smallest absolute Gasteiger partial charge is 0.245 e. The topological polar surface area (TPSA) is 40.6 Å². The zero-order valence-corrected chi connectivity index (χ0v) is 13.9. The van der Waals surface area contributed by atoms with Gasteiger partial charge in [-0.05, 0) is 12.0 Å². The molecule has 118 valence electrons. The third-order valence-electron chi connectivity index (χ3n) is 3.56. The molecule has 0 N–H and O–H groups in total. The molecule has 1 saturated heterocycles. The van der Waals surface area contributed by atoms with Gasteiger partial charge in [0.25, 0.3) is 0 Å². The molecule has 0 spiro atoms. The van der Waals surface area contributed by atoms with Crippen molar-refractivity contribution in [2.75, 3.05) is 25.7 Å². The van der Waals surface area contributed by atoms with Crippen LogP contribution < -0.4 is 0 Å². The molecule has 2 amide bonds. The molecule has 1 aliphatic rings. The molecule has 0 radical (unpaired) electrons. The van der Waals surface area contributed by atoms with Crippen LogP contribution in [0, 0.1) is 0 Å². The van der Waals surface area contributed by atoms with Gasteiger partial charge < -0.3 is 9.80 Å². The van der Waals surface area contributed by atoms with Crippen molar-refractivity contribution >= 4 is 29.7 Å². The number of carbonyl (C=O) groups excluding carboxylic acids is 2. The average Bonchev–Trinajstić information content (AvgIpc) is 3.01. The number of hydrogen-bond acceptors (Lipinski definition) is 3. The molecule has 1 atom stereocenters. The molecular formula is C17H22N2O2S. The molecule has 1 aromatic rings. The van der Waals surface area contributed by atoms with Gasteiger partial charge in [-0.3, -0.25) is 9.59 Å². The second-order valence-corrected chi connectivity index (χ2v) is 6.46. The number of benzene rings is 1. The molecule has 1 fully saturated rings. The van der Waals surface area contributed by atoms with Crippen LogP contribution in [0.2, 0.25) is 0 Å². The largest absolute Gasteiger partial charge is 0.347 e. The van der Waals surface area contributed by atoms with Crippen molar-refractivity contribution in [1.29, 1.82) is 0 Å². The Morgan fingerprint density at radius 3 is 2.73 bits per heavy atom. The third-order valence-corrected chi connectivity index (χ3v) is 4.58. The van der Waals surface area contributed by atoms with E-state index < -0.39 is 0 Å². The molecule has 4 nitrogen and oxygen atoms in total. The summed E-state index contributed by atoms with van der Waals surface area (Å²) >= 11 is 1.64. The van der Waals surface area contributed by atoms with Gasteiger partial charge in [0.15, 0.2) is 0 Å². The minimum absolute atomic E-state index is 0.0122. The third kappa shape index (κ3) is 4.37. The predicted octanol–water partition coefficient (Wildman–Crippen LogP) is 2.47. The van der Waals surface area contributed by atoms with E-state index in [1.54, 1.807) is 35.7 Å². The number of allylic oxidation sites excluding steroid dienone is 1. The minimum atomic E-state index is -0.300. The van der Waals surface area contributed by atoms with E-state index in [4.69, 9.17) is 0 Å². The van der Waals surface area contributed by atoms with Crippen LogP contribution in [-0.2, 0) is 9.59 Å². The molecule has 1 heterocycles. The number of nitrogens with zero attached hydrogens (tertiary/aromatic N) is 2. The quantitative estimate of drug-likeness (QED) is 0.837.